The number of aromatic nitrogens is 1. The van der Waals surface area contributed by atoms with E-state index in [9.17, 15) is 9.36 Å². The third kappa shape index (κ3) is 7.41. The van der Waals surface area contributed by atoms with Crippen LogP contribution in [0.1, 0.15) is 11.3 Å². The zero-order chi connectivity index (χ0) is 22.3. The molecule has 1 aromatic carbocycles. The average molecular weight is 494 g/mol. The molecule has 1 aromatic heterocycles. The maximum absolute atomic E-state index is 12.2. The minimum absolute atomic E-state index is 0.0312. The maximum atomic E-state index is 12.2. The van der Waals surface area contributed by atoms with E-state index in [4.69, 9.17) is 43.5 Å². The molecule has 11 nitrogen and oxygen atoms in total. The lowest BCUT2D eigenvalue weighted by Crippen LogP contribution is -2.24. The molecule has 6 N–H and O–H groups in total. The number of pyridine rings is 1. The van der Waals surface area contributed by atoms with E-state index in [1.165, 1.54) is 30.6 Å². The Bertz CT molecular complexity index is 1030. The number of hydrazone groups is 1. The van der Waals surface area contributed by atoms with Crippen molar-refractivity contribution in [2.45, 2.75) is 6.61 Å². The first-order chi connectivity index (χ1) is 14.1. The average Bonchev–Trinajstić information content (AvgIpc) is 2.64. The van der Waals surface area contributed by atoms with Gasteiger partial charge >= 0.3 is 13.9 Å². The van der Waals surface area contributed by atoms with Crippen molar-refractivity contribution in [1.82, 2.24) is 10.4 Å². The molecule has 2 aromatic rings. The van der Waals surface area contributed by atoms with Crippen molar-refractivity contribution in [1.29, 1.82) is 0 Å². The number of hydrogen-bond donors (Lipinski definition) is 5. The van der Waals surface area contributed by atoms with Crippen molar-refractivity contribution in [3.63, 3.8) is 0 Å². The first-order valence-electron chi connectivity index (χ1n) is 7.76. The number of nitrogens with zero attached hydrogens (tertiary/aromatic N) is 2. The summed E-state index contributed by atoms with van der Waals surface area (Å²) in [7, 11) is -4.88. The summed E-state index contributed by atoms with van der Waals surface area (Å²) in [5.74, 6) is -0.288. The van der Waals surface area contributed by atoms with Gasteiger partial charge in [0.25, 0.3) is 0 Å². The molecule has 30 heavy (non-hydrogen) atoms. The Morgan fingerprint density at radius 1 is 1.37 bits per heavy atom. The van der Waals surface area contributed by atoms with Crippen molar-refractivity contribution in [2.75, 3.05) is 5.32 Å². The smallest absolute Gasteiger partial charge is 0.444 e. The number of nitrogens with one attached hydrogen (secondary N) is 2. The molecule has 0 spiro atoms. The van der Waals surface area contributed by atoms with Crippen LogP contribution in [0.5, 0.6) is 5.75 Å². The summed E-state index contributed by atoms with van der Waals surface area (Å²) in [4.78, 5) is 34.3. The summed E-state index contributed by atoms with van der Waals surface area (Å²) in [5.41, 5.74) is 8.09. The van der Waals surface area contributed by atoms with Crippen LogP contribution < -0.4 is 21.0 Å². The molecule has 0 radical (unpaired) electrons. The molecule has 0 fully saturated rings. The van der Waals surface area contributed by atoms with E-state index in [-0.39, 0.29) is 37.9 Å². The number of hydrogen-bond acceptors (Lipinski definition) is 7. The van der Waals surface area contributed by atoms with Gasteiger partial charge in [0.05, 0.1) is 27.5 Å². The van der Waals surface area contributed by atoms with Crippen LogP contribution in [-0.4, -0.2) is 32.2 Å². The molecule has 15 heteroatoms. The summed E-state index contributed by atoms with van der Waals surface area (Å²) in [6, 6.07) is 5.56. The van der Waals surface area contributed by atoms with Crippen LogP contribution >= 0.6 is 43.2 Å². The van der Waals surface area contributed by atoms with Crippen LogP contribution in [0.2, 0.25) is 10.0 Å². The number of thiocarbonyl (C=S) groups is 1. The number of halogens is 2. The fourth-order valence-electron chi connectivity index (χ4n) is 1.99. The largest absolute Gasteiger partial charge is 0.524 e. The van der Waals surface area contributed by atoms with Gasteiger partial charge in [-0.1, -0.05) is 23.2 Å². The van der Waals surface area contributed by atoms with E-state index in [1.54, 1.807) is 6.07 Å². The van der Waals surface area contributed by atoms with Crippen LogP contribution in [0, 0.1) is 0 Å². The fraction of sp³-hybridized carbons (Fsp3) is 0.0667. The summed E-state index contributed by atoms with van der Waals surface area (Å²) in [6.45, 7) is -0.493. The highest BCUT2D eigenvalue weighted by atomic mass is 35.5. The van der Waals surface area contributed by atoms with Crippen LogP contribution in [0.4, 0.5) is 10.5 Å². The van der Waals surface area contributed by atoms with Crippen LogP contribution in [0.25, 0.3) is 0 Å². The van der Waals surface area contributed by atoms with Crippen LogP contribution in [-0.2, 0) is 15.9 Å². The number of phosphoric ester groups is 1. The Labute approximate surface area is 185 Å². The monoisotopic (exact) mass is 493 g/mol. The van der Waals surface area contributed by atoms with E-state index in [1.807, 2.05) is 0 Å². The van der Waals surface area contributed by atoms with E-state index in [0.29, 0.717) is 0 Å². The van der Waals surface area contributed by atoms with Crippen LogP contribution in [0.3, 0.4) is 0 Å². The minimum Gasteiger partial charge on any atom is -0.444 e. The Hall–Kier alpha value is -2.47. The zero-order valence-electron chi connectivity index (χ0n) is 14.8. The normalized spacial score (nSPS) is 11.2. The predicted octanol–water partition coefficient (Wildman–Crippen LogP) is 2.78. The molecule has 0 saturated carbocycles. The second-order valence-corrected chi connectivity index (χ2v) is 7.68. The van der Waals surface area contributed by atoms with Gasteiger partial charge in [0.15, 0.2) is 5.11 Å². The predicted molar refractivity (Wildman–Crippen MR) is 115 cm³/mol. The Morgan fingerprint density at radius 2 is 2.10 bits per heavy atom. The number of rotatable bonds is 7. The number of amides is 1. The molecule has 0 aliphatic carbocycles. The highest BCUT2D eigenvalue weighted by Gasteiger charge is 2.22. The minimum atomic E-state index is -4.88. The van der Waals surface area contributed by atoms with Crippen LogP contribution in [0.15, 0.2) is 35.6 Å². The van der Waals surface area contributed by atoms with Gasteiger partial charge in [-0.3, -0.25) is 25.5 Å². The second-order valence-electron chi connectivity index (χ2n) is 5.29. The number of carbonyl (C=O) groups is 1. The van der Waals surface area contributed by atoms with Crippen molar-refractivity contribution in [2.24, 2.45) is 10.8 Å². The summed E-state index contributed by atoms with van der Waals surface area (Å²) < 4.78 is 20.8. The quantitative estimate of drug-likeness (QED) is 0.167. The zero-order valence-corrected chi connectivity index (χ0v) is 18.0. The van der Waals surface area contributed by atoms with E-state index in [0.717, 1.165) is 0 Å². The molecule has 0 aliphatic rings. The molecule has 0 saturated heterocycles. The van der Waals surface area contributed by atoms with E-state index < -0.39 is 20.5 Å². The summed E-state index contributed by atoms with van der Waals surface area (Å²) in [6.07, 6.45) is 1.82. The van der Waals surface area contributed by atoms with Crippen molar-refractivity contribution >= 4 is 66.4 Å². The molecule has 160 valence electrons. The van der Waals surface area contributed by atoms with Gasteiger partial charge < -0.3 is 15.0 Å². The topological polar surface area (TPSA) is 168 Å². The maximum Gasteiger partial charge on any atom is 0.524 e. The van der Waals surface area contributed by atoms with Gasteiger partial charge in [-0.05, 0) is 36.5 Å². The third-order valence-corrected chi connectivity index (χ3v) is 4.52. The molecule has 0 bridgehead atoms. The van der Waals surface area contributed by atoms with E-state index >= 15 is 0 Å². The number of anilines is 1. The Kier molecular flexibility index (Phi) is 8.35. The molecule has 2 rings (SSSR count). The summed E-state index contributed by atoms with van der Waals surface area (Å²) in [5, 5.41) is 6.13. The number of carbonyl (C=O) groups excluding carboxylic acids is 1. The number of ether oxygens (including phenoxy) is 1. The number of benzene rings is 1. The van der Waals surface area contributed by atoms with E-state index in [2.05, 4.69) is 37.6 Å². The molecular weight excluding hydrogens is 480 g/mol. The van der Waals surface area contributed by atoms with Gasteiger partial charge in [0.1, 0.15) is 18.1 Å². The van der Waals surface area contributed by atoms with Gasteiger partial charge in [-0.15, -0.1) is 0 Å². The van der Waals surface area contributed by atoms with Crippen molar-refractivity contribution < 1.29 is 28.4 Å². The molecule has 0 unspecified atom stereocenters. The highest BCUT2D eigenvalue weighted by molar-refractivity contribution is 7.80. The van der Waals surface area contributed by atoms with Gasteiger partial charge in [-0.25, -0.2) is 9.36 Å². The van der Waals surface area contributed by atoms with Crippen molar-refractivity contribution in [3.05, 3.63) is 51.8 Å². The molecule has 1 amide bonds. The first kappa shape index (κ1) is 23.8. The van der Waals surface area contributed by atoms with Gasteiger partial charge in [-0.2, -0.15) is 5.10 Å². The lowest BCUT2D eigenvalue weighted by atomic mass is 10.2. The summed E-state index contributed by atoms with van der Waals surface area (Å²) >= 11 is 16.6. The van der Waals surface area contributed by atoms with Gasteiger partial charge in [0, 0.05) is 6.20 Å². The Morgan fingerprint density at radius 3 is 2.77 bits per heavy atom. The van der Waals surface area contributed by atoms with Crippen molar-refractivity contribution in [3.8, 4) is 5.75 Å². The lowest BCUT2D eigenvalue weighted by Gasteiger charge is -2.15. The number of nitrogens with two attached hydrogens (primary N) is 1. The number of phosphoric acid groups is 1. The van der Waals surface area contributed by atoms with Gasteiger partial charge in [0.2, 0.25) is 0 Å². The molecular formula is C15H14Cl2N5O6PS. The molecule has 1 heterocycles. The molecule has 0 aliphatic heterocycles. The SMILES string of the molecule is NC(=S)N/N=C/c1ncccc1NC(=O)OCc1c(OP(=O)(O)O)ccc(Cl)c1Cl. The Balaban J connectivity index is 2.13. The third-order valence-electron chi connectivity index (χ3n) is 3.15. The first-order valence-corrected chi connectivity index (χ1v) is 10.5. The lowest BCUT2D eigenvalue weighted by molar-refractivity contribution is 0.154. The second kappa shape index (κ2) is 10.5. The standard InChI is InChI=1S/C15H14Cl2N5O6PS/c16-9-3-4-12(28-29(24,25)26)8(13(9)17)7-27-15(23)21-10-2-1-5-19-11(10)6-20-22-14(18)30/h1-6H,7H2,(H,21,23)(H3,18,22,30)(H2,24,25,26)/b20-6+. The highest BCUT2D eigenvalue weighted by Crippen LogP contribution is 2.42. The molecule has 0 atom stereocenters. The fourth-order valence-corrected chi connectivity index (χ4v) is 2.86.